The van der Waals surface area contributed by atoms with Crippen LogP contribution in [0.5, 0.6) is 5.75 Å². The van der Waals surface area contributed by atoms with Crippen LogP contribution in [0.25, 0.3) is 0 Å². The van der Waals surface area contributed by atoms with Crippen LogP contribution in [0.15, 0.2) is 47.3 Å². The smallest absolute Gasteiger partial charge is 0.257 e. The van der Waals surface area contributed by atoms with Crippen molar-refractivity contribution in [2.24, 2.45) is 0 Å². The van der Waals surface area contributed by atoms with E-state index in [1.807, 2.05) is 31.2 Å². The third-order valence-electron chi connectivity index (χ3n) is 3.12. The van der Waals surface area contributed by atoms with Gasteiger partial charge in [0, 0.05) is 12.1 Å². The van der Waals surface area contributed by atoms with E-state index in [1.54, 1.807) is 6.07 Å². The fourth-order valence-electron chi connectivity index (χ4n) is 1.89. The van der Waals surface area contributed by atoms with Crippen LogP contribution in [-0.2, 0) is 4.79 Å². The highest BCUT2D eigenvalue weighted by atomic mass is 16.5. The van der Waals surface area contributed by atoms with Gasteiger partial charge in [0.15, 0.2) is 6.61 Å². The summed E-state index contributed by atoms with van der Waals surface area (Å²) < 4.78 is 10.3. The Hall–Kier alpha value is -2.27. The van der Waals surface area contributed by atoms with E-state index < -0.39 is 6.10 Å². The molecule has 112 valence electrons. The lowest BCUT2D eigenvalue weighted by Gasteiger charge is -2.11. The number of amides is 1. The average Bonchev–Trinajstić information content (AvgIpc) is 3.00. The van der Waals surface area contributed by atoms with E-state index in [4.69, 9.17) is 9.15 Å². The van der Waals surface area contributed by atoms with Crippen LogP contribution in [0.4, 0.5) is 0 Å². The van der Waals surface area contributed by atoms with Gasteiger partial charge in [-0.2, -0.15) is 0 Å². The molecule has 0 unspecified atom stereocenters. The summed E-state index contributed by atoms with van der Waals surface area (Å²) in [6.07, 6.45) is 2.79. The molecule has 5 nitrogen and oxygen atoms in total. The zero-order chi connectivity index (χ0) is 15.1. The van der Waals surface area contributed by atoms with E-state index in [1.165, 1.54) is 12.5 Å². The molecule has 0 aliphatic heterocycles. The summed E-state index contributed by atoms with van der Waals surface area (Å²) in [6, 6.07) is 9.23. The monoisotopic (exact) mass is 289 g/mol. The fourth-order valence-corrected chi connectivity index (χ4v) is 1.89. The van der Waals surface area contributed by atoms with Crippen LogP contribution in [0.1, 0.15) is 23.7 Å². The van der Waals surface area contributed by atoms with Crippen LogP contribution < -0.4 is 10.1 Å². The van der Waals surface area contributed by atoms with E-state index in [0.29, 0.717) is 24.3 Å². The Labute approximate surface area is 123 Å². The summed E-state index contributed by atoms with van der Waals surface area (Å²) in [5.74, 6) is 0.490. The van der Waals surface area contributed by atoms with Gasteiger partial charge in [-0.25, -0.2) is 0 Å². The molecule has 1 aromatic carbocycles. The molecule has 21 heavy (non-hydrogen) atoms. The molecule has 0 saturated carbocycles. The molecule has 0 radical (unpaired) electrons. The molecule has 2 aromatic rings. The van der Waals surface area contributed by atoms with Gasteiger partial charge in [-0.15, -0.1) is 0 Å². The first-order chi connectivity index (χ1) is 10.2. The molecule has 1 heterocycles. The van der Waals surface area contributed by atoms with Crippen LogP contribution in [0, 0.1) is 6.92 Å². The molecule has 0 bridgehead atoms. The third kappa shape index (κ3) is 4.65. The van der Waals surface area contributed by atoms with Crippen molar-refractivity contribution >= 4 is 5.91 Å². The van der Waals surface area contributed by atoms with Gasteiger partial charge >= 0.3 is 0 Å². The average molecular weight is 289 g/mol. The van der Waals surface area contributed by atoms with Crippen LogP contribution in [0.3, 0.4) is 0 Å². The van der Waals surface area contributed by atoms with E-state index in [0.717, 1.165) is 5.56 Å². The Bertz CT molecular complexity index is 565. The van der Waals surface area contributed by atoms with Crippen molar-refractivity contribution in [1.82, 2.24) is 5.32 Å². The van der Waals surface area contributed by atoms with Gasteiger partial charge in [0.2, 0.25) is 0 Å². The number of para-hydroxylation sites is 1. The molecule has 5 heteroatoms. The topological polar surface area (TPSA) is 71.7 Å². The van der Waals surface area contributed by atoms with Gasteiger partial charge in [0.05, 0.1) is 18.6 Å². The van der Waals surface area contributed by atoms with Gasteiger partial charge in [0.1, 0.15) is 5.75 Å². The van der Waals surface area contributed by atoms with Gasteiger partial charge in [-0.3, -0.25) is 4.79 Å². The number of carbonyl (C=O) groups is 1. The number of aryl methyl sites for hydroxylation is 1. The number of aliphatic hydroxyl groups is 1. The minimum absolute atomic E-state index is 0.0351. The SMILES string of the molecule is Cc1ccccc1OCC(=O)NCC[C@@H](O)c1ccoc1. The second-order valence-corrected chi connectivity index (χ2v) is 4.77. The van der Waals surface area contributed by atoms with Crippen molar-refractivity contribution in [2.45, 2.75) is 19.4 Å². The Morgan fingerprint density at radius 2 is 2.19 bits per heavy atom. The van der Waals surface area contributed by atoms with E-state index >= 15 is 0 Å². The zero-order valence-corrected chi connectivity index (χ0v) is 11.9. The molecule has 0 fully saturated rings. The van der Waals surface area contributed by atoms with Gasteiger partial charge in [0.25, 0.3) is 5.91 Å². The van der Waals surface area contributed by atoms with E-state index in [-0.39, 0.29) is 12.5 Å². The predicted octanol–water partition coefficient (Wildman–Crippen LogP) is 2.21. The molecule has 1 atom stereocenters. The minimum atomic E-state index is -0.638. The van der Waals surface area contributed by atoms with Gasteiger partial charge in [-0.05, 0) is 31.0 Å². The molecule has 2 N–H and O–H groups in total. The zero-order valence-electron chi connectivity index (χ0n) is 11.9. The molecule has 2 rings (SSSR count). The first-order valence-corrected chi connectivity index (χ1v) is 6.82. The van der Waals surface area contributed by atoms with E-state index in [2.05, 4.69) is 5.32 Å². The Morgan fingerprint density at radius 1 is 1.38 bits per heavy atom. The number of hydrogen-bond acceptors (Lipinski definition) is 4. The molecule has 0 aliphatic rings. The summed E-state index contributed by atoms with van der Waals surface area (Å²) in [6.45, 7) is 2.27. The predicted molar refractivity (Wildman–Crippen MR) is 78.0 cm³/mol. The molecular weight excluding hydrogens is 270 g/mol. The maximum Gasteiger partial charge on any atom is 0.257 e. The van der Waals surface area contributed by atoms with E-state index in [9.17, 15) is 9.90 Å². The van der Waals surface area contributed by atoms with Gasteiger partial charge < -0.3 is 19.6 Å². The first kappa shape index (κ1) is 15.1. The number of aliphatic hydroxyl groups excluding tert-OH is 1. The molecular formula is C16H19NO4. The highest BCUT2D eigenvalue weighted by molar-refractivity contribution is 5.77. The quantitative estimate of drug-likeness (QED) is 0.819. The summed E-state index contributed by atoms with van der Waals surface area (Å²) >= 11 is 0. The standard InChI is InChI=1S/C16H19NO4/c1-12-4-2-3-5-15(12)21-11-16(19)17-8-6-14(18)13-7-9-20-10-13/h2-5,7,9-10,14,18H,6,8,11H2,1H3,(H,17,19)/t14-/m1/s1. The summed E-state index contributed by atoms with van der Waals surface area (Å²) in [4.78, 5) is 11.7. The normalized spacial score (nSPS) is 11.9. The first-order valence-electron chi connectivity index (χ1n) is 6.82. The lowest BCUT2D eigenvalue weighted by atomic mass is 10.1. The number of nitrogens with one attached hydrogen (secondary N) is 1. The number of furan rings is 1. The molecule has 0 spiro atoms. The lowest BCUT2D eigenvalue weighted by molar-refractivity contribution is -0.123. The largest absolute Gasteiger partial charge is 0.484 e. The maximum absolute atomic E-state index is 11.7. The minimum Gasteiger partial charge on any atom is -0.484 e. The van der Waals surface area contributed by atoms with Crippen molar-refractivity contribution in [2.75, 3.05) is 13.2 Å². The second-order valence-electron chi connectivity index (χ2n) is 4.77. The number of hydrogen-bond donors (Lipinski definition) is 2. The maximum atomic E-state index is 11.7. The highest BCUT2D eigenvalue weighted by Gasteiger charge is 2.10. The van der Waals surface area contributed by atoms with Crippen molar-refractivity contribution < 1.29 is 19.1 Å². The summed E-state index contributed by atoms with van der Waals surface area (Å²) in [7, 11) is 0. The van der Waals surface area contributed by atoms with Gasteiger partial charge in [-0.1, -0.05) is 18.2 Å². The summed E-state index contributed by atoms with van der Waals surface area (Å²) in [5, 5.41) is 12.5. The van der Waals surface area contributed by atoms with Crippen LogP contribution in [-0.4, -0.2) is 24.2 Å². The number of benzene rings is 1. The van der Waals surface area contributed by atoms with Crippen molar-refractivity contribution in [3.05, 3.63) is 54.0 Å². The van der Waals surface area contributed by atoms with Crippen molar-refractivity contribution in [3.8, 4) is 5.75 Å². The van der Waals surface area contributed by atoms with Crippen molar-refractivity contribution in [3.63, 3.8) is 0 Å². The Balaban J connectivity index is 1.67. The summed E-state index contributed by atoms with van der Waals surface area (Å²) in [5.41, 5.74) is 1.70. The number of rotatable bonds is 7. The molecule has 0 saturated heterocycles. The second kappa shape index (κ2) is 7.50. The number of ether oxygens (including phenoxy) is 1. The van der Waals surface area contributed by atoms with Crippen LogP contribution in [0.2, 0.25) is 0 Å². The van der Waals surface area contributed by atoms with Crippen molar-refractivity contribution in [1.29, 1.82) is 0 Å². The Morgan fingerprint density at radius 3 is 2.90 bits per heavy atom. The molecule has 1 amide bonds. The lowest BCUT2D eigenvalue weighted by Crippen LogP contribution is -2.30. The molecule has 0 aliphatic carbocycles. The Kier molecular flexibility index (Phi) is 5.40. The van der Waals surface area contributed by atoms with Crippen LogP contribution >= 0.6 is 0 Å². The number of carbonyl (C=O) groups excluding carboxylic acids is 1. The highest BCUT2D eigenvalue weighted by Crippen LogP contribution is 2.16. The molecule has 1 aromatic heterocycles. The fraction of sp³-hybridized carbons (Fsp3) is 0.312. The third-order valence-corrected chi connectivity index (χ3v) is 3.12.